The molecule has 0 spiro atoms. The Morgan fingerprint density at radius 2 is 2.33 bits per heavy atom. The molecule has 0 fully saturated rings. The van der Waals surface area contributed by atoms with E-state index >= 15 is 0 Å². The second kappa shape index (κ2) is 8.11. The molecule has 2 N–H and O–H groups in total. The van der Waals surface area contributed by atoms with Gasteiger partial charge >= 0.3 is 5.97 Å². The van der Waals surface area contributed by atoms with Gasteiger partial charge in [-0.25, -0.2) is 4.98 Å². The van der Waals surface area contributed by atoms with Gasteiger partial charge in [-0.05, 0) is 6.42 Å². The first-order chi connectivity index (χ1) is 8.67. The number of aryl methyl sites for hydroxylation is 1. The summed E-state index contributed by atoms with van der Waals surface area (Å²) in [5.74, 6) is 0.702. The average molecular weight is 274 g/mol. The van der Waals surface area contributed by atoms with Gasteiger partial charge in [-0.15, -0.1) is 0 Å². The summed E-state index contributed by atoms with van der Waals surface area (Å²) in [6, 6.07) is 0. The van der Waals surface area contributed by atoms with E-state index in [1.54, 1.807) is 0 Å². The maximum atomic E-state index is 10.9. The highest BCUT2D eigenvalue weighted by molar-refractivity contribution is 6.30. The van der Waals surface area contributed by atoms with Gasteiger partial charge in [-0.1, -0.05) is 24.9 Å². The Kier molecular flexibility index (Phi) is 6.75. The lowest BCUT2D eigenvalue weighted by atomic mass is 10.2. The third-order valence-electron chi connectivity index (χ3n) is 2.58. The summed E-state index contributed by atoms with van der Waals surface area (Å²) in [5, 5.41) is 3.63. The van der Waals surface area contributed by atoms with E-state index in [1.165, 1.54) is 7.11 Å². The van der Waals surface area contributed by atoms with Crippen LogP contribution in [0.1, 0.15) is 37.7 Å². The first-order valence-electron chi connectivity index (χ1n) is 6.18. The van der Waals surface area contributed by atoms with E-state index < -0.39 is 0 Å². The number of methoxy groups -OCH3 is 1. The van der Waals surface area contributed by atoms with Crippen molar-refractivity contribution in [3.63, 3.8) is 0 Å². The molecule has 0 aliphatic heterocycles. The number of nitrogens with one attached hydrogen (secondary N) is 2. The molecular formula is C12H20ClN3O2. The number of carbonyl (C=O) groups is 1. The average Bonchev–Trinajstić information content (AvgIpc) is 2.72. The predicted molar refractivity (Wildman–Crippen MR) is 70.5 cm³/mol. The van der Waals surface area contributed by atoms with Crippen LogP contribution in [-0.4, -0.2) is 29.6 Å². The van der Waals surface area contributed by atoms with Gasteiger partial charge in [0.25, 0.3) is 0 Å². The summed E-state index contributed by atoms with van der Waals surface area (Å²) in [6.07, 6.45) is 3.49. The number of esters is 1. The second-order valence-electron chi connectivity index (χ2n) is 4.06. The Morgan fingerprint density at radius 1 is 1.56 bits per heavy atom. The number of carbonyl (C=O) groups excluding carboxylic acids is 1. The second-order valence-corrected chi connectivity index (χ2v) is 4.42. The number of imidazole rings is 1. The summed E-state index contributed by atoms with van der Waals surface area (Å²) in [4.78, 5) is 18.4. The number of unbranched alkanes of at least 4 members (excludes halogenated alkanes) is 1. The van der Waals surface area contributed by atoms with Gasteiger partial charge in [-0.2, -0.15) is 0 Å². The zero-order valence-corrected chi connectivity index (χ0v) is 11.6. The van der Waals surface area contributed by atoms with Gasteiger partial charge in [0.1, 0.15) is 5.82 Å². The fourth-order valence-electron chi connectivity index (χ4n) is 1.53. The first-order valence-corrected chi connectivity index (χ1v) is 6.56. The molecule has 0 saturated carbocycles. The minimum Gasteiger partial charge on any atom is -0.469 e. The maximum absolute atomic E-state index is 10.9. The molecule has 0 radical (unpaired) electrons. The molecule has 5 nitrogen and oxygen atoms in total. The number of aromatic nitrogens is 2. The number of halogens is 1. The number of nitrogens with zero attached hydrogens (tertiary/aromatic N) is 1. The van der Waals surface area contributed by atoms with E-state index in [0.717, 1.165) is 30.8 Å². The Hall–Kier alpha value is -1.07. The van der Waals surface area contributed by atoms with Crippen LogP contribution in [-0.2, 0) is 22.5 Å². The van der Waals surface area contributed by atoms with Gasteiger partial charge in [-0.3, -0.25) is 4.79 Å². The van der Waals surface area contributed by atoms with Crippen LogP contribution in [0.3, 0.4) is 0 Å². The fourth-order valence-corrected chi connectivity index (χ4v) is 1.74. The van der Waals surface area contributed by atoms with Crippen LogP contribution in [0.2, 0.25) is 5.15 Å². The summed E-state index contributed by atoms with van der Waals surface area (Å²) < 4.78 is 4.55. The molecule has 18 heavy (non-hydrogen) atoms. The van der Waals surface area contributed by atoms with Gasteiger partial charge in [0.05, 0.1) is 19.2 Å². The van der Waals surface area contributed by atoms with Crippen LogP contribution in [0, 0.1) is 0 Å². The first kappa shape index (κ1) is 15.0. The van der Waals surface area contributed by atoms with Crippen LogP contribution < -0.4 is 5.32 Å². The van der Waals surface area contributed by atoms with Crippen LogP contribution >= 0.6 is 11.6 Å². The lowest BCUT2D eigenvalue weighted by Crippen LogP contribution is -2.18. The third-order valence-corrected chi connectivity index (χ3v) is 2.89. The smallest absolute Gasteiger partial charge is 0.306 e. The van der Waals surface area contributed by atoms with Crippen molar-refractivity contribution < 1.29 is 9.53 Å². The summed E-state index contributed by atoms with van der Waals surface area (Å²) in [7, 11) is 1.38. The van der Waals surface area contributed by atoms with Crippen molar-refractivity contribution in [2.75, 3.05) is 13.7 Å². The molecular weight excluding hydrogens is 254 g/mol. The van der Waals surface area contributed by atoms with Gasteiger partial charge in [0.2, 0.25) is 0 Å². The minimum atomic E-state index is -0.221. The highest BCUT2D eigenvalue weighted by Crippen LogP contribution is 2.13. The predicted octanol–water partition coefficient (Wildman–Crippen LogP) is 2.06. The lowest BCUT2D eigenvalue weighted by Gasteiger charge is -2.02. The van der Waals surface area contributed by atoms with Crippen LogP contribution in [0.4, 0.5) is 0 Å². The molecule has 1 heterocycles. The Bertz CT molecular complexity index is 379. The monoisotopic (exact) mass is 273 g/mol. The lowest BCUT2D eigenvalue weighted by molar-refractivity contribution is -0.140. The van der Waals surface area contributed by atoms with E-state index in [4.69, 9.17) is 11.6 Å². The third kappa shape index (κ3) is 5.06. The highest BCUT2D eigenvalue weighted by Gasteiger charge is 2.07. The molecule has 0 aliphatic rings. The molecule has 0 saturated heterocycles. The normalized spacial score (nSPS) is 10.6. The van der Waals surface area contributed by atoms with Crippen molar-refractivity contribution in [3.05, 3.63) is 16.7 Å². The summed E-state index contributed by atoms with van der Waals surface area (Å²) >= 11 is 6.02. The molecule has 1 aromatic heterocycles. The number of hydrogen-bond acceptors (Lipinski definition) is 4. The van der Waals surface area contributed by atoms with Crippen molar-refractivity contribution in [3.8, 4) is 0 Å². The van der Waals surface area contributed by atoms with Crippen LogP contribution in [0.5, 0.6) is 0 Å². The van der Waals surface area contributed by atoms with E-state index in [0.29, 0.717) is 24.7 Å². The SMILES string of the molecule is CCCCc1nc(Cl)c(CNCCC(=O)OC)[nH]1. The van der Waals surface area contributed by atoms with Crippen molar-refractivity contribution in [2.45, 2.75) is 39.2 Å². The molecule has 0 bridgehead atoms. The molecule has 102 valence electrons. The van der Waals surface area contributed by atoms with Gasteiger partial charge in [0, 0.05) is 19.5 Å². The standard InChI is InChI=1S/C12H20ClN3O2/c1-3-4-5-10-15-9(12(13)16-10)8-14-7-6-11(17)18-2/h14H,3-8H2,1-2H3,(H,15,16). The maximum Gasteiger partial charge on any atom is 0.306 e. The zero-order valence-electron chi connectivity index (χ0n) is 10.9. The van der Waals surface area contributed by atoms with Crippen LogP contribution in [0.25, 0.3) is 0 Å². The molecule has 1 aromatic rings. The number of rotatable bonds is 8. The topological polar surface area (TPSA) is 67.0 Å². The molecule has 0 amide bonds. The number of hydrogen-bond donors (Lipinski definition) is 2. The Labute approximate surface area is 112 Å². The highest BCUT2D eigenvalue weighted by atomic mass is 35.5. The molecule has 1 rings (SSSR count). The number of ether oxygens (including phenoxy) is 1. The van der Waals surface area contributed by atoms with E-state index in [1.807, 2.05) is 0 Å². The molecule has 0 atom stereocenters. The van der Waals surface area contributed by atoms with Crippen LogP contribution in [0.15, 0.2) is 0 Å². The van der Waals surface area contributed by atoms with Crippen molar-refractivity contribution in [1.82, 2.24) is 15.3 Å². The molecule has 0 aromatic carbocycles. The van der Waals surface area contributed by atoms with Crippen molar-refractivity contribution >= 4 is 17.6 Å². The quantitative estimate of drug-likeness (QED) is 0.562. The summed E-state index contributed by atoms with van der Waals surface area (Å²) in [5.41, 5.74) is 0.868. The number of aromatic amines is 1. The van der Waals surface area contributed by atoms with E-state index in [9.17, 15) is 4.79 Å². The van der Waals surface area contributed by atoms with Gasteiger partial charge in [0.15, 0.2) is 5.15 Å². The van der Waals surface area contributed by atoms with Crippen molar-refractivity contribution in [2.24, 2.45) is 0 Å². The molecule has 0 aliphatic carbocycles. The molecule has 6 heteroatoms. The fraction of sp³-hybridized carbons (Fsp3) is 0.667. The Balaban J connectivity index is 2.33. The Morgan fingerprint density at radius 3 is 3.00 bits per heavy atom. The van der Waals surface area contributed by atoms with E-state index in [2.05, 4.69) is 26.9 Å². The molecule has 0 unspecified atom stereocenters. The summed E-state index contributed by atoms with van der Waals surface area (Å²) in [6.45, 7) is 3.28. The van der Waals surface area contributed by atoms with E-state index in [-0.39, 0.29) is 5.97 Å². The number of H-pyrrole nitrogens is 1. The van der Waals surface area contributed by atoms with Gasteiger partial charge < -0.3 is 15.0 Å². The van der Waals surface area contributed by atoms with Crippen molar-refractivity contribution in [1.29, 1.82) is 0 Å². The minimum absolute atomic E-state index is 0.221. The largest absolute Gasteiger partial charge is 0.469 e. The zero-order chi connectivity index (χ0) is 13.4.